The molecule has 150 valence electrons. The van der Waals surface area contributed by atoms with Gasteiger partial charge in [-0.25, -0.2) is 17.4 Å². The fourth-order valence-electron chi connectivity index (χ4n) is 2.12. The Kier molecular flexibility index (Phi) is 9.70. The molecule has 0 saturated heterocycles. The number of aromatic nitrogens is 3. The van der Waals surface area contributed by atoms with Gasteiger partial charge in [0.1, 0.15) is 0 Å². The van der Waals surface area contributed by atoms with Crippen LogP contribution in [0.25, 0.3) is 0 Å². The average Bonchev–Trinajstić information content (AvgIpc) is 3.07. The molecule has 0 unspecified atom stereocenters. The van der Waals surface area contributed by atoms with Crippen molar-refractivity contribution in [3.8, 4) is 0 Å². The largest absolute Gasteiger partial charge is 0.351 e. The zero-order valence-electron chi connectivity index (χ0n) is 15.8. The van der Waals surface area contributed by atoms with E-state index in [1.807, 2.05) is 13.8 Å². The highest BCUT2D eigenvalue weighted by atomic mass is 32.2. The molecule has 1 aromatic heterocycles. The number of ether oxygens (including phenoxy) is 2. The van der Waals surface area contributed by atoms with E-state index in [1.165, 1.54) is 22.2 Å². The molecule has 0 saturated carbocycles. The zero-order valence-corrected chi connectivity index (χ0v) is 16.7. The number of carbonyl (C=O) groups is 1. The second-order valence-corrected chi connectivity index (χ2v) is 7.86. The lowest BCUT2D eigenvalue weighted by Crippen LogP contribution is -2.32. The van der Waals surface area contributed by atoms with Gasteiger partial charge in [-0.05, 0) is 27.2 Å². The van der Waals surface area contributed by atoms with E-state index in [9.17, 15) is 13.2 Å². The number of nitrogens with one attached hydrogen (secondary N) is 1. The summed E-state index contributed by atoms with van der Waals surface area (Å²) in [6.07, 6.45) is 1.58. The minimum absolute atomic E-state index is 0.0590. The molecule has 0 fully saturated rings. The summed E-state index contributed by atoms with van der Waals surface area (Å²) in [4.78, 5) is 12.1. The van der Waals surface area contributed by atoms with Crippen molar-refractivity contribution in [2.75, 3.05) is 39.1 Å². The van der Waals surface area contributed by atoms with Crippen molar-refractivity contribution in [1.82, 2.24) is 24.6 Å². The fraction of sp³-hybridized carbons (Fsp3) is 0.800. The molecule has 0 bridgehead atoms. The minimum atomic E-state index is -3.20. The summed E-state index contributed by atoms with van der Waals surface area (Å²) in [6, 6.07) is 0. The molecule has 0 spiro atoms. The predicted octanol–water partition coefficient (Wildman–Crippen LogP) is 0.0786. The highest BCUT2D eigenvalue weighted by Crippen LogP contribution is 2.02. The maximum Gasteiger partial charge on any atom is 0.273 e. The van der Waals surface area contributed by atoms with E-state index in [0.717, 1.165) is 0 Å². The van der Waals surface area contributed by atoms with Crippen LogP contribution in [0.1, 0.15) is 37.7 Å². The van der Waals surface area contributed by atoms with Gasteiger partial charge in [0.05, 0.1) is 18.5 Å². The molecule has 0 aliphatic rings. The Morgan fingerprint density at radius 1 is 1.31 bits per heavy atom. The molecule has 0 aliphatic carbocycles. The van der Waals surface area contributed by atoms with Gasteiger partial charge in [-0.15, -0.1) is 5.10 Å². The highest BCUT2D eigenvalue weighted by molar-refractivity contribution is 7.89. The smallest absolute Gasteiger partial charge is 0.273 e. The predicted molar refractivity (Wildman–Crippen MR) is 96.1 cm³/mol. The van der Waals surface area contributed by atoms with E-state index >= 15 is 0 Å². The molecule has 0 radical (unpaired) electrons. The van der Waals surface area contributed by atoms with E-state index in [1.54, 1.807) is 6.92 Å². The first-order valence-corrected chi connectivity index (χ1v) is 10.3. The summed E-state index contributed by atoms with van der Waals surface area (Å²) in [6.45, 7) is 7.37. The maximum atomic E-state index is 12.1. The van der Waals surface area contributed by atoms with Crippen molar-refractivity contribution in [2.45, 2.75) is 40.0 Å². The van der Waals surface area contributed by atoms with Gasteiger partial charge >= 0.3 is 0 Å². The van der Waals surface area contributed by atoms with Gasteiger partial charge in [0.15, 0.2) is 12.0 Å². The van der Waals surface area contributed by atoms with E-state index in [2.05, 4.69) is 15.6 Å². The van der Waals surface area contributed by atoms with Gasteiger partial charge in [0.2, 0.25) is 10.0 Å². The Morgan fingerprint density at radius 3 is 2.54 bits per heavy atom. The van der Waals surface area contributed by atoms with Gasteiger partial charge in [0, 0.05) is 33.4 Å². The maximum absolute atomic E-state index is 12.1. The summed E-state index contributed by atoms with van der Waals surface area (Å²) in [5.41, 5.74) is 0.186. The first-order valence-electron chi connectivity index (χ1n) is 8.69. The van der Waals surface area contributed by atoms with Gasteiger partial charge in [-0.2, -0.15) is 0 Å². The Bertz CT molecular complexity index is 643. The average molecular weight is 391 g/mol. The number of hydrogen-bond donors (Lipinski definition) is 1. The van der Waals surface area contributed by atoms with Gasteiger partial charge in [-0.3, -0.25) is 4.79 Å². The molecule has 1 heterocycles. The Morgan fingerprint density at radius 2 is 1.96 bits per heavy atom. The summed E-state index contributed by atoms with van der Waals surface area (Å²) in [5.74, 6) is -0.301. The lowest BCUT2D eigenvalue weighted by atomic mass is 10.4. The van der Waals surface area contributed by atoms with E-state index in [4.69, 9.17) is 9.47 Å². The summed E-state index contributed by atoms with van der Waals surface area (Å²) in [5, 5.41) is 10.4. The Hall–Kier alpha value is -1.56. The van der Waals surface area contributed by atoms with Crippen LogP contribution in [-0.4, -0.2) is 79.0 Å². The number of hydrogen-bond acceptors (Lipinski definition) is 7. The molecule has 0 aromatic carbocycles. The zero-order chi connectivity index (χ0) is 19.6. The number of rotatable bonds is 13. The van der Waals surface area contributed by atoms with Gasteiger partial charge < -0.3 is 14.8 Å². The van der Waals surface area contributed by atoms with Crippen molar-refractivity contribution in [1.29, 1.82) is 0 Å². The molecule has 26 heavy (non-hydrogen) atoms. The molecule has 0 aliphatic heterocycles. The molecule has 10 nitrogen and oxygen atoms in total. The first-order chi connectivity index (χ1) is 12.3. The third-order valence-corrected chi connectivity index (χ3v) is 5.45. The molecule has 11 heteroatoms. The van der Waals surface area contributed by atoms with Gasteiger partial charge in [-0.1, -0.05) is 5.21 Å². The van der Waals surface area contributed by atoms with Crippen LogP contribution in [0.3, 0.4) is 0 Å². The van der Waals surface area contributed by atoms with Crippen molar-refractivity contribution >= 4 is 15.9 Å². The van der Waals surface area contributed by atoms with Crippen molar-refractivity contribution in [3.05, 3.63) is 11.9 Å². The van der Waals surface area contributed by atoms with Crippen LogP contribution < -0.4 is 5.32 Å². The lowest BCUT2D eigenvalue weighted by molar-refractivity contribution is -0.145. The first kappa shape index (κ1) is 22.5. The SMILES string of the molecule is CCOC(Cn1cc(C(=O)NCCCN(C)S(=O)(=O)CC)nn1)OCC. The number of nitrogens with zero attached hydrogens (tertiary/aromatic N) is 4. The summed E-state index contributed by atoms with van der Waals surface area (Å²) in [7, 11) is -1.67. The van der Waals surface area contributed by atoms with Crippen molar-refractivity contribution in [2.24, 2.45) is 0 Å². The number of carbonyl (C=O) groups excluding carboxylic acids is 1. The molecule has 0 atom stereocenters. The van der Waals surface area contributed by atoms with E-state index < -0.39 is 16.3 Å². The number of sulfonamides is 1. The second-order valence-electron chi connectivity index (χ2n) is 5.50. The van der Waals surface area contributed by atoms with Crippen molar-refractivity contribution < 1.29 is 22.7 Å². The van der Waals surface area contributed by atoms with E-state index in [0.29, 0.717) is 39.3 Å². The molecular weight excluding hydrogens is 362 g/mol. The quantitative estimate of drug-likeness (QED) is 0.374. The van der Waals surface area contributed by atoms with E-state index in [-0.39, 0.29) is 17.4 Å². The molecule has 1 aromatic rings. The third-order valence-electron chi connectivity index (χ3n) is 3.59. The topological polar surface area (TPSA) is 116 Å². The van der Waals surface area contributed by atoms with Crippen LogP contribution in [0.15, 0.2) is 6.20 Å². The minimum Gasteiger partial charge on any atom is -0.351 e. The Labute approximate surface area is 154 Å². The number of amides is 1. The second kappa shape index (κ2) is 11.2. The molecule has 1 rings (SSSR count). The molecule has 1 N–H and O–H groups in total. The van der Waals surface area contributed by atoms with Crippen LogP contribution in [0, 0.1) is 0 Å². The normalized spacial score (nSPS) is 12.1. The summed E-state index contributed by atoms with van der Waals surface area (Å²) >= 11 is 0. The van der Waals surface area contributed by atoms with Crippen LogP contribution >= 0.6 is 0 Å². The monoisotopic (exact) mass is 391 g/mol. The highest BCUT2D eigenvalue weighted by Gasteiger charge is 2.16. The third kappa shape index (κ3) is 7.36. The van der Waals surface area contributed by atoms with Crippen LogP contribution in [0.2, 0.25) is 0 Å². The lowest BCUT2D eigenvalue weighted by Gasteiger charge is -2.16. The molecular formula is C15H29N5O5S. The van der Waals surface area contributed by atoms with Crippen LogP contribution in [0.4, 0.5) is 0 Å². The standard InChI is InChI=1S/C15H29N5O5S/c1-5-24-14(25-6-2)12-20-11-13(17-18-20)15(21)16-9-8-10-19(4)26(22,23)7-3/h11,14H,5-10,12H2,1-4H3,(H,16,21). The Balaban J connectivity index is 2.43. The van der Waals surface area contributed by atoms with Crippen LogP contribution in [-0.2, 0) is 26.0 Å². The summed E-state index contributed by atoms with van der Waals surface area (Å²) < 4.78 is 36.9. The molecule has 1 amide bonds. The fourth-order valence-corrected chi connectivity index (χ4v) is 2.97. The van der Waals surface area contributed by atoms with Gasteiger partial charge in [0.25, 0.3) is 5.91 Å². The van der Waals surface area contributed by atoms with Crippen molar-refractivity contribution in [3.63, 3.8) is 0 Å². The van der Waals surface area contributed by atoms with Crippen LogP contribution in [0.5, 0.6) is 0 Å².